The normalized spacial score (nSPS) is 16.7. The van der Waals surface area contributed by atoms with Crippen molar-refractivity contribution in [3.63, 3.8) is 0 Å². The number of rotatable bonds is 9. The molecule has 0 saturated carbocycles. The number of benzene rings is 1. The fourth-order valence-electron chi connectivity index (χ4n) is 3.38. The van der Waals surface area contributed by atoms with Crippen LogP contribution in [0.3, 0.4) is 0 Å². The van der Waals surface area contributed by atoms with E-state index >= 15 is 0 Å². The number of piperidine rings is 1. The molecule has 2 aromatic rings. The van der Waals surface area contributed by atoms with E-state index < -0.39 is 0 Å². The number of carbonyl (C=O) groups excluding carboxylic acids is 1. The van der Waals surface area contributed by atoms with Gasteiger partial charge in [-0.05, 0) is 25.0 Å². The molecule has 1 atom stereocenters. The molecule has 3 rings (SSSR count). The maximum atomic E-state index is 13.0. The molecule has 1 saturated heterocycles. The van der Waals surface area contributed by atoms with Gasteiger partial charge in [0.25, 0.3) is 11.8 Å². The molecule has 0 bridgehead atoms. The zero-order valence-electron chi connectivity index (χ0n) is 17.1. The zero-order chi connectivity index (χ0) is 20.6. The lowest BCUT2D eigenvalue weighted by atomic mass is 10.1. The third-order valence-electron chi connectivity index (χ3n) is 4.76. The summed E-state index contributed by atoms with van der Waals surface area (Å²) >= 11 is 0. The van der Waals surface area contributed by atoms with Gasteiger partial charge in [0.2, 0.25) is 0 Å². The van der Waals surface area contributed by atoms with Crippen molar-refractivity contribution in [1.29, 1.82) is 0 Å². The van der Waals surface area contributed by atoms with E-state index in [2.05, 4.69) is 10.1 Å². The van der Waals surface area contributed by atoms with Gasteiger partial charge in [-0.1, -0.05) is 11.2 Å². The number of aromatic nitrogens is 2. The predicted molar refractivity (Wildman–Crippen MR) is 103 cm³/mol. The summed E-state index contributed by atoms with van der Waals surface area (Å²) in [6, 6.07) is 5.31. The second-order valence-corrected chi connectivity index (χ2v) is 6.71. The van der Waals surface area contributed by atoms with Crippen LogP contribution < -0.4 is 9.47 Å². The van der Waals surface area contributed by atoms with E-state index in [1.807, 2.05) is 0 Å². The molecule has 0 spiro atoms. The van der Waals surface area contributed by atoms with Crippen molar-refractivity contribution in [2.24, 2.45) is 0 Å². The Morgan fingerprint density at radius 2 is 2.14 bits per heavy atom. The highest BCUT2D eigenvalue weighted by atomic mass is 16.5. The molecule has 1 aromatic carbocycles. The Hall–Kier alpha value is -2.65. The summed E-state index contributed by atoms with van der Waals surface area (Å²) in [5.41, 5.74) is 0.491. The molecule has 2 heterocycles. The molecular formula is C20H27N3O6. The highest BCUT2D eigenvalue weighted by molar-refractivity contribution is 5.97. The average molecular weight is 405 g/mol. The first kappa shape index (κ1) is 21.1. The fraction of sp³-hybridized carbons (Fsp3) is 0.550. The minimum atomic E-state index is -0.0866. The standard InChI is InChI=1S/C20H27N3O6/c1-25-13-18-21-17(22-29-18)9-11-28-14-6-5-10-23(12-14)20(24)15-7-4-8-16(26-2)19(15)27-3/h4,7-8,14H,5-6,9-13H2,1-3H3. The third kappa shape index (κ3) is 5.24. The lowest BCUT2D eigenvalue weighted by Gasteiger charge is -2.33. The maximum absolute atomic E-state index is 13.0. The molecule has 1 aliphatic heterocycles. The summed E-state index contributed by atoms with van der Waals surface area (Å²) in [7, 11) is 4.66. The number of methoxy groups -OCH3 is 3. The summed E-state index contributed by atoms with van der Waals surface area (Å²) in [4.78, 5) is 19.1. The summed E-state index contributed by atoms with van der Waals surface area (Å²) < 4.78 is 26.7. The van der Waals surface area contributed by atoms with Crippen molar-refractivity contribution in [1.82, 2.24) is 15.0 Å². The Labute approximate surface area is 169 Å². The van der Waals surface area contributed by atoms with E-state index in [1.54, 1.807) is 37.3 Å². The topological polar surface area (TPSA) is 96.2 Å². The Balaban J connectivity index is 1.55. The molecule has 0 radical (unpaired) electrons. The van der Waals surface area contributed by atoms with Crippen molar-refractivity contribution in [3.8, 4) is 11.5 Å². The minimum absolute atomic E-state index is 0.0327. The zero-order valence-corrected chi connectivity index (χ0v) is 17.1. The van der Waals surface area contributed by atoms with E-state index in [4.69, 9.17) is 23.5 Å². The summed E-state index contributed by atoms with van der Waals surface area (Å²) in [5, 5.41) is 3.90. The van der Waals surface area contributed by atoms with Gasteiger partial charge in [-0.15, -0.1) is 0 Å². The number of ether oxygens (including phenoxy) is 4. The summed E-state index contributed by atoms with van der Waals surface area (Å²) in [6.45, 7) is 1.97. The predicted octanol–water partition coefficient (Wildman–Crippen LogP) is 2.10. The van der Waals surface area contributed by atoms with Crippen LogP contribution >= 0.6 is 0 Å². The van der Waals surface area contributed by atoms with E-state index in [9.17, 15) is 4.79 Å². The van der Waals surface area contributed by atoms with Crippen molar-refractivity contribution in [2.75, 3.05) is 41.0 Å². The van der Waals surface area contributed by atoms with Crippen LogP contribution in [0.1, 0.15) is 34.9 Å². The van der Waals surface area contributed by atoms with Crippen LogP contribution in [0.15, 0.2) is 22.7 Å². The van der Waals surface area contributed by atoms with Gasteiger partial charge in [0, 0.05) is 26.6 Å². The second-order valence-electron chi connectivity index (χ2n) is 6.71. The first-order valence-electron chi connectivity index (χ1n) is 9.58. The molecule has 1 aromatic heterocycles. The van der Waals surface area contributed by atoms with Gasteiger partial charge >= 0.3 is 0 Å². The molecule has 1 fully saturated rings. The SMILES string of the molecule is COCc1nc(CCOC2CCCN(C(=O)c3cccc(OC)c3OC)C2)no1. The van der Waals surface area contributed by atoms with Crippen LogP contribution in [0, 0.1) is 0 Å². The second kappa shape index (κ2) is 10.2. The molecule has 1 unspecified atom stereocenters. The number of hydrogen-bond donors (Lipinski definition) is 0. The molecule has 9 heteroatoms. The van der Waals surface area contributed by atoms with Gasteiger partial charge in [0.1, 0.15) is 6.61 Å². The van der Waals surface area contributed by atoms with Crippen molar-refractivity contribution < 1.29 is 28.3 Å². The van der Waals surface area contributed by atoms with Crippen LogP contribution in [-0.2, 0) is 22.5 Å². The quantitative estimate of drug-likeness (QED) is 0.626. The third-order valence-corrected chi connectivity index (χ3v) is 4.76. The summed E-state index contributed by atoms with van der Waals surface area (Å²) in [6.07, 6.45) is 2.29. The lowest BCUT2D eigenvalue weighted by molar-refractivity contribution is 0.00240. The van der Waals surface area contributed by atoms with Crippen LogP contribution in [-0.4, -0.2) is 68.1 Å². The van der Waals surface area contributed by atoms with E-state index in [0.29, 0.717) is 61.5 Å². The van der Waals surface area contributed by atoms with Gasteiger partial charge in [-0.25, -0.2) is 0 Å². The van der Waals surface area contributed by atoms with Gasteiger partial charge in [0.15, 0.2) is 17.3 Å². The van der Waals surface area contributed by atoms with E-state index in [-0.39, 0.29) is 12.0 Å². The van der Waals surface area contributed by atoms with Gasteiger partial charge < -0.3 is 28.4 Å². The van der Waals surface area contributed by atoms with Crippen molar-refractivity contribution in [3.05, 3.63) is 35.5 Å². The minimum Gasteiger partial charge on any atom is -0.493 e. The molecule has 158 valence electrons. The Bertz CT molecular complexity index is 809. The molecule has 1 amide bonds. The van der Waals surface area contributed by atoms with Crippen LogP contribution in [0.5, 0.6) is 11.5 Å². The molecular weight excluding hydrogens is 378 g/mol. The molecule has 29 heavy (non-hydrogen) atoms. The number of nitrogens with zero attached hydrogens (tertiary/aromatic N) is 3. The first-order valence-corrected chi connectivity index (χ1v) is 9.58. The van der Waals surface area contributed by atoms with Crippen molar-refractivity contribution >= 4 is 5.91 Å². The number of hydrogen-bond acceptors (Lipinski definition) is 8. The van der Waals surface area contributed by atoms with Gasteiger partial charge in [0.05, 0.1) is 32.5 Å². The number of likely N-dealkylation sites (tertiary alicyclic amines) is 1. The van der Waals surface area contributed by atoms with Crippen LogP contribution in [0.4, 0.5) is 0 Å². The average Bonchev–Trinajstić information content (AvgIpc) is 3.20. The molecule has 0 N–H and O–H groups in total. The van der Waals surface area contributed by atoms with Crippen LogP contribution in [0.25, 0.3) is 0 Å². The smallest absolute Gasteiger partial charge is 0.257 e. The Morgan fingerprint density at radius 3 is 2.90 bits per heavy atom. The number of carbonyl (C=O) groups is 1. The maximum Gasteiger partial charge on any atom is 0.257 e. The van der Waals surface area contributed by atoms with E-state index in [0.717, 1.165) is 12.8 Å². The molecule has 1 aliphatic rings. The van der Waals surface area contributed by atoms with Crippen LogP contribution in [0.2, 0.25) is 0 Å². The van der Waals surface area contributed by atoms with Crippen molar-refractivity contribution in [2.45, 2.75) is 32.0 Å². The highest BCUT2D eigenvalue weighted by Gasteiger charge is 2.27. The first-order chi connectivity index (χ1) is 14.2. The monoisotopic (exact) mass is 405 g/mol. The number of amides is 1. The molecule has 9 nitrogen and oxygen atoms in total. The van der Waals surface area contributed by atoms with E-state index in [1.165, 1.54) is 7.11 Å². The highest BCUT2D eigenvalue weighted by Crippen LogP contribution is 2.32. The lowest BCUT2D eigenvalue weighted by Crippen LogP contribution is -2.43. The molecule has 0 aliphatic carbocycles. The Morgan fingerprint density at radius 1 is 1.28 bits per heavy atom. The fourth-order valence-corrected chi connectivity index (χ4v) is 3.38. The summed E-state index contributed by atoms with van der Waals surface area (Å²) in [5.74, 6) is 1.94. The van der Waals surface area contributed by atoms with Gasteiger partial charge in [-0.3, -0.25) is 4.79 Å². The van der Waals surface area contributed by atoms with Gasteiger partial charge in [-0.2, -0.15) is 4.98 Å². The number of para-hydroxylation sites is 1. The Kier molecular flexibility index (Phi) is 7.42. The largest absolute Gasteiger partial charge is 0.493 e.